The average molecular weight is 712 g/mol. The summed E-state index contributed by atoms with van der Waals surface area (Å²) in [5.74, 6) is 0.989. The molecule has 0 bridgehead atoms. The third-order valence-corrected chi connectivity index (χ3v) is 10.5. The number of unbranched alkanes of at least 4 members (excludes halogenated alkanes) is 17. The van der Waals surface area contributed by atoms with Crippen LogP contribution in [0, 0.1) is 11.8 Å². The summed E-state index contributed by atoms with van der Waals surface area (Å²) >= 11 is 0. The fourth-order valence-electron chi connectivity index (χ4n) is 7.10. The summed E-state index contributed by atoms with van der Waals surface area (Å²) in [5.41, 5.74) is 0. The number of rotatable bonds is 41. The van der Waals surface area contributed by atoms with Gasteiger partial charge in [-0.05, 0) is 89.3 Å². The second-order valence-corrected chi connectivity index (χ2v) is 15.5. The molecule has 0 rings (SSSR count). The van der Waals surface area contributed by atoms with Crippen molar-refractivity contribution in [3.8, 4) is 0 Å². The minimum atomic E-state index is -0.710. The number of carbonyl (C=O) groups excluding carboxylic acids is 1. The molecule has 0 amide bonds. The largest absolute Gasteiger partial charge is 0.465 e. The third kappa shape index (κ3) is 34.4. The van der Waals surface area contributed by atoms with Crippen molar-refractivity contribution in [2.45, 2.75) is 227 Å². The zero-order chi connectivity index (χ0) is 36.8. The number of ether oxygens (including phenoxy) is 2. The van der Waals surface area contributed by atoms with Crippen molar-refractivity contribution >= 4 is 5.97 Å². The van der Waals surface area contributed by atoms with E-state index in [9.17, 15) is 15.0 Å². The lowest BCUT2D eigenvalue weighted by molar-refractivity contribution is -0.145. The monoisotopic (exact) mass is 712 g/mol. The normalized spacial score (nSPS) is 13.6. The van der Waals surface area contributed by atoms with E-state index in [0.717, 1.165) is 45.3 Å². The van der Waals surface area contributed by atoms with Gasteiger partial charge in [0, 0.05) is 13.0 Å². The molecule has 0 aromatic rings. The molecular weight excluding hydrogens is 622 g/mol. The molecule has 0 saturated heterocycles. The molecule has 6 heteroatoms. The highest BCUT2D eigenvalue weighted by molar-refractivity contribution is 5.69. The van der Waals surface area contributed by atoms with Gasteiger partial charge in [0.25, 0.3) is 0 Å². The molecule has 0 fully saturated rings. The van der Waals surface area contributed by atoms with E-state index in [1.54, 1.807) is 0 Å². The van der Waals surface area contributed by atoms with Crippen molar-refractivity contribution in [3.63, 3.8) is 0 Å². The molecule has 3 atom stereocenters. The van der Waals surface area contributed by atoms with Crippen molar-refractivity contribution in [1.29, 1.82) is 0 Å². The molecule has 6 nitrogen and oxygen atoms in total. The first-order valence-electron chi connectivity index (χ1n) is 22.3. The Morgan fingerprint density at radius 2 is 0.920 bits per heavy atom. The Morgan fingerprint density at radius 3 is 1.42 bits per heavy atom. The number of aliphatic hydroxyl groups excluding tert-OH is 2. The van der Waals surface area contributed by atoms with Crippen LogP contribution < -0.4 is 0 Å². The summed E-state index contributed by atoms with van der Waals surface area (Å²) in [6.45, 7) is 13.1. The van der Waals surface area contributed by atoms with Crippen LogP contribution >= 0.6 is 0 Å². The molecule has 0 aliphatic rings. The van der Waals surface area contributed by atoms with Crippen LogP contribution in [0.5, 0.6) is 0 Å². The second-order valence-electron chi connectivity index (χ2n) is 15.5. The highest BCUT2D eigenvalue weighted by Crippen LogP contribution is 2.21. The summed E-state index contributed by atoms with van der Waals surface area (Å²) < 4.78 is 11.9. The van der Waals surface area contributed by atoms with Crippen LogP contribution in [0.4, 0.5) is 0 Å². The molecule has 0 heterocycles. The van der Waals surface area contributed by atoms with Gasteiger partial charge < -0.3 is 24.6 Å². The maximum Gasteiger partial charge on any atom is 0.305 e. The third-order valence-electron chi connectivity index (χ3n) is 10.5. The fourth-order valence-corrected chi connectivity index (χ4v) is 7.10. The smallest absolute Gasteiger partial charge is 0.305 e. The highest BCUT2D eigenvalue weighted by atomic mass is 16.6. The Balaban J connectivity index is 4.59. The van der Waals surface area contributed by atoms with Crippen molar-refractivity contribution in [2.75, 3.05) is 39.5 Å². The lowest BCUT2D eigenvalue weighted by Gasteiger charge is -2.24. The summed E-state index contributed by atoms with van der Waals surface area (Å²) in [5, 5.41) is 20.0. The van der Waals surface area contributed by atoms with E-state index in [-0.39, 0.29) is 12.6 Å². The Hall–Kier alpha value is -0.690. The molecule has 0 aliphatic carbocycles. The van der Waals surface area contributed by atoms with Gasteiger partial charge in [-0.3, -0.25) is 4.79 Å². The molecule has 0 radical (unpaired) electrons. The predicted molar refractivity (Wildman–Crippen MR) is 215 cm³/mol. The minimum absolute atomic E-state index is 0.0594. The topological polar surface area (TPSA) is 79.2 Å². The van der Waals surface area contributed by atoms with Gasteiger partial charge in [0.15, 0.2) is 6.29 Å². The quantitative estimate of drug-likeness (QED) is 0.0373. The van der Waals surface area contributed by atoms with Crippen molar-refractivity contribution in [3.05, 3.63) is 0 Å². The average Bonchev–Trinajstić information content (AvgIpc) is 3.11. The van der Waals surface area contributed by atoms with Gasteiger partial charge in [0.05, 0.1) is 13.2 Å². The second kappa shape index (κ2) is 39.5. The van der Waals surface area contributed by atoms with E-state index in [1.807, 2.05) is 0 Å². The zero-order valence-electron chi connectivity index (χ0n) is 34.3. The van der Waals surface area contributed by atoms with Crippen LogP contribution in [0.25, 0.3) is 0 Å². The minimum Gasteiger partial charge on any atom is -0.465 e. The van der Waals surface area contributed by atoms with Crippen LogP contribution in [0.1, 0.15) is 220 Å². The van der Waals surface area contributed by atoms with Gasteiger partial charge in [-0.1, -0.05) is 156 Å². The maximum atomic E-state index is 12.7. The summed E-state index contributed by atoms with van der Waals surface area (Å²) in [4.78, 5) is 15.1. The first-order valence-corrected chi connectivity index (χ1v) is 22.3. The highest BCUT2D eigenvalue weighted by Gasteiger charge is 2.15. The van der Waals surface area contributed by atoms with E-state index in [1.165, 1.54) is 154 Å². The van der Waals surface area contributed by atoms with Gasteiger partial charge >= 0.3 is 5.97 Å². The molecule has 3 unspecified atom stereocenters. The van der Waals surface area contributed by atoms with E-state index in [4.69, 9.17) is 9.47 Å². The summed E-state index contributed by atoms with van der Waals surface area (Å²) in [6.07, 6.45) is 34.5. The van der Waals surface area contributed by atoms with Crippen LogP contribution in [0.15, 0.2) is 0 Å². The summed E-state index contributed by atoms with van der Waals surface area (Å²) in [7, 11) is 0. The predicted octanol–water partition coefficient (Wildman–Crippen LogP) is 12.2. The molecule has 0 aromatic heterocycles. The Bertz CT molecular complexity index is 677. The molecule has 0 spiro atoms. The molecule has 0 saturated carbocycles. The van der Waals surface area contributed by atoms with Crippen molar-refractivity contribution in [2.24, 2.45) is 11.8 Å². The number of carbonyl (C=O) groups is 1. The Morgan fingerprint density at radius 1 is 0.500 bits per heavy atom. The molecule has 50 heavy (non-hydrogen) atoms. The molecule has 300 valence electrons. The number of esters is 1. The first kappa shape index (κ1) is 49.3. The maximum absolute atomic E-state index is 12.7. The van der Waals surface area contributed by atoms with E-state index < -0.39 is 6.29 Å². The van der Waals surface area contributed by atoms with Gasteiger partial charge in [-0.15, -0.1) is 0 Å². The van der Waals surface area contributed by atoms with Crippen LogP contribution in [0.3, 0.4) is 0 Å². The SMILES string of the molecule is CCCCCCCCC(CCCCCC)COC(=O)CCCN(CCCCO)CCCC(O)OCC(CCCCCC)CCCCCCCC. The molecular formula is C44H89NO5. The van der Waals surface area contributed by atoms with Gasteiger partial charge in [0.2, 0.25) is 0 Å². The molecule has 2 N–H and O–H groups in total. The van der Waals surface area contributed by atoms with Gasteiger partial charge in [-0.25, -0.2) is 0 Å². The van der Waals surface area contributed by atoms with E-state index >= 15 is 0 Å². The van der Waals surface area contributed by atoms with Gasteiger partial charge in [0.1, 0.15) is 0 Å². The zero-order valence-corrected chi connectivity index (χ0v) is 34.3. The van der Waals surface area contributed by atoms with Crippen LogP contribution in [-0.2, 0) is 14.3 Å². The lowest BCUT2D eigenvalue weighted by Crippen LogP contribution is -2.29. The Labute approximate surface area is 312 Å². The first-order chi connectivity index (χ1) is 24.5. The van der Waals surface area contributed by atoms with Crippen LogP contribution in [-0.4, -0.2) is 66.8 Å². The molecule has 0 aliphatic heterocycles. The lowest BCUT2D eigenvalue weighted by atomic mass is 9.95. The van der Waals surface area contributed by atoms with Gasteiger partial charge in [-0.2, -0.15) is 0 Å². The van der Waals surface area contributed by atoms with E-state index in [2.05, 4.69) is 32.6 Å². The summed E-state index contributed by atoms with van der Waals surface area (Å²) in [6, 6.07) is 0. The van der Waals surface area contributed by atoms with Crippen molar-refractivity contribution < 1.29 is 24.5 Å². The molecule has 0 aromatic carbocycles. The van der Waals surface area contributed by atoms with E-state index in [0.29, 0.717) is 37.9 Å². The number of aliphatic hydroxyl groups is 2. The number of hydrogen-bond donors (Lipinski definition) is 2. The van der Waals surface area contributed by atoms with Crippen LogP contribution in [0.2, 0.25) is 0 Å². The number of hydrogen-bond acceptors (Lipinski definition) is 6. The Kier molecular flexibility index (Phi) is 39.0. The standard InChI is InChI=1S/C44H89NO5/c1-5-9-13-17-19-23-31-41(29-21-15-11-7-3)39-49-43(47)33-27-36-45(35-25-26-38-46)37-28-34-44(48)50-40-42(30-22-16-12-8-4)32-24-20-18-14-10-6-2/h41-43,46-47H,5-40H2,1-4H3. The fraction of sp³-hybridized carbons (Fsp3) is 0.977. The van der Waals surface area contributed by atoms with Crippen molar-refractivity contribution in [1.82, 2.24) is 4.90 Å². The number of nitrogens with zero attached hydrogens (tertiary/aromatic N) is 1.